The molecular weight excluding hydrogens is 448 g/mol. The maximum absolute atomic E-state index is 12.1. The molecule has 4 rings (SSSR count). The number of benzene rings is 3. The Labute approximate surface area is 215 Å². The highest BCUT2D eigenvalue weighted by Crippen LogP contribution is 2.41. The molecule has 0 spiro atoms. The molecule has 0 saturated carbocycles. The number of oxime groups is 1. The normalized spacial score (nSPS) is 15.7. The molecule has 1 aliphatic heterocycles. The van der Waals surface area contributed by atoms with Crippen LogP contribution in [0.5, 0.6) is 5.75 Å². The quantitative estimate of drug-likeness (QED) is 0.149. The molecule has 0 atom stereocenters. The number of ether oxygens (including phenoxy) is 1. The fraction of sp³-hybridized carbons (Fsp3) is 0.387. The van der Waals surface area contributed by atoms with Gasteiger partial charge >= 0.3 is 0 Å². The van der Waals surface area contributed by atoms with Gasteiger partial charge in [-0.05, 0) is 98.6 Å². The van der Waals surface area contributed by atoms with E-state index in [1.807, 2.05) is 60.7 Å². The Morgan fingerprint density at radius 2 is 1.44 bits per heavy atom. The van der Waals surface area contributed by atoms with Gasteiger partial charge in [-0.1, -0.05) is 72.2 Å². The Morgan fingerprint density at radius 1 is 0.861 bits per heavy atom. The SMILES string of the molecule is COc1ccc(C(CCCCCN2CCC(C(O)(c3ccccc3)c3ccccc3)CC2)=NO)cc1. The van der Waals surface area contributed by atoms with Crippen molar-refractivity contribution < 1.29 is 15.1 Å². The second-order valence-electron chi connectivity index (χ2n) is 9.70. The van der Waals surface area contributed by atoms with E-state index < -0.39 is 5.60 Å². The van der Waals surface area contributed by atoms with E-state index >= 15 is 0 Å². The molecule has 3 aromatic rings. The van der Waals surface area contributed by atoms with Gasteiger partial charge in [0.1, 0.15) is 11.4 Å². The summed E-state index contributed by atoms with van der Waals surface area (Å²) in [5.74, 6) is 0.983. The maximum atomic E-state index is 12.1. The highest BCUT2D eigenvalue weighted by molar-refractivity contribution is 6.00. The smallest absolute Gasteiger partial charge is 0.118 e. The van der Waals surface area contributed by atoms with E-state index in [0.29, 0.717) is 0 Å². The topological polar surface area (TPSA) is 65.3 Å². The minimum absolute atomic E-state index is 0.186. The van der Waals surface area contributed by atoms with Gasteiger partial charge in [0.15, 0.2) is 0 Å². The predicted octanol–water partition coefficient (Wildman–Crippen LogP) is 6.08. The van der Waals surface area contributed by atoms with Gasteiger partial charge in [-0.25, -0.2) is 0 Å². The van der Waals surface area contributed by atoms with Crippen molar-refractivity contribution in [3.8, 4) is 5.75 Å². The van der Waals surface area contributed by atoms with E-state index in [-0.39, 0.29) is 5.92 Å². The lowest BCUT2D eigenvalue weighted by molar-refractivity contribution is -0.0143. The molecular formula is C31H38N2O3. The minimum atomic E-state index is -0.962. The number of nitrogens with zero attached hydrogens (tertiary/aromatic N) is 2. The van der Waals surface area contributed by atoms with Crippen molar-refractivity contribution in [3.05, 3.63) is 102 Å². The van der Waals surface area contributed by atoms with E-state index in [2.05, 4.69) is 34.3 Å². The average molecular weight is 487 g/mol. The number of rotatable bonds is 11. The number of aliphatic hydroxyl groups is 1. The highest BCUT2D eigenvalue weighted by Gasteiger charge is 2.41. The lowest BCUT2D eigenvalue weighted by Crippen LogP contribution is -2.44. The molecule has 0 radical (unpaired) electrons. The summed E-state index contributed by atoms with van der Waals surface area (Å²) in [6.45, 7) is 3.07. The van der Waals surface area contributed by atoms with Gasteiger partial charge in [0.05, 0.1) is 12.8 Å². The van der Waals surface area contributed by atoms with E-state index in [0.717, 1.165) is 86.3 Å². The van der Waals surface area contributed by atoms with Crippen LogP contribution >= 0.6 is 0 Å². The molecule has 1 aliphatic rings. The first-order valence-corrected chi connectivity index (χ1v) is 13.1. The Morgan fingerprint density at radius 3 is 1.97 bits per heavy atom. The zero-order valence-corrected chi connectivity index (χ0v) is 21.2. The van der Waals surface area contributed by atoms with E-state index in [4.69, 9.17) is 4.74 Å². The molecule has 5 nitrogen and oxygen atoms in total. The van der Waals surface area contributed by atoms with Crippen LogP contribution in [0.1, 0.15) is 55.2 Å². The van der Waals surface area contributed by atoms with Crippen LogP contribution in [0, 0.1) is 5.92 Å². The van der Waals surface area contributed by atoms with Crippen LogP contribution in [0.25, 0.3) is 0 Å². The van der Waals surface area contributed by atoms with Crippen LogP contribution in [0.2, 0.25) is 0 Å². The van der Waals surface area contributed by atoms with Crippen LogP contribution in [-0.4, -0.2) is 47.7 Å². The van der Waals surface area contributed by atoms with Crippen molar-refractivity contribution in [1.29, 1.82) is 0 Å². The summed E-state index contributed by atoms with van der Waals surface area (Å²) in [6, 6.07) is 27.9. The van der Waals surface area contributed by atoms with Crippen molar-refractivity contribution in [3.63, 3.8) is 0 Å². The number of methoxy groups -OCH3 is 1. The summed E-state index contributed by atoms with van der Waals surface area (Å²) < 4.78 is 5.20. The van der Waals surface area contributed by atoms with Crippen LogP contribution in [0.4, 0.5) is 0 Å². The first-order chi connectivity index (χ1) is 17.6. The number of hydrogen-bond acceptors (Lipinski definition) is 5. The van der Waals surface area contributed by atoms with Crippen LogP contribution in [0.15, 0.2) is 90.1 Å². The van der Waals surface area contributed by atoms with Crippen molar-refractivity contribution in [2.24, 2.45) is 11.1 Å². The third kappa shape index (κ3) is 6.15. The van der Waals surface area contributed by atoms with Gasteiger partial charge in [-0.3, -0.25) is 0 Å². The van der Waals surface area contributed by atoms with Crippen LogP contribution in [-0.2, 0) is 5.60 Å². The Kier molecular flexibility index (Phi) is 9.15. The molecule has 0 aliphatic carbocycles. The molecule has 1 fully saturated rings. The first-order valence-electron chi connectivity index (χ1n) is 13.1. The van der Waals surface area contributed by atoms with Crippen LogP contribution in [0.3, 0.4) is 0 Å². The molecule has 0 amide bonds. The second kappa shape index (κ2) is 12.7. The molecule has 0 unspecified atom stereocenters. The number of likely N-dealkylation sites (tertiary alicyclic amines) is 1. The monoisotopic (exact) mass is 486 g/mol. The van der Waals surface area contributed by atoms with E-state index in [1.54, 1.807) is 7.11 Å². The molecule has 36 heavy (non-hydrogen) atoms. The summed E-state index contributed by atoms with van der Waals surface area (Å²) >= 11 is 0. The third-order valence-corrected chi connectivity index (χ3v) is 7.54. The molecule has 5 heteroatoms. The van der Waals surface area contributed by atoms with Gasteiger partial charge in [-0.15, -0.1) is 0 Å². The van der Waals surface area contributed by atoms with Gasteiger partial charge in [0.2, 0.25) is 0 Å². The van der Waals surface area contributed by atoms with Gasteiger partial charge in [0.25, 0.3) is 0 Å². The van der Waals surface area contributed by atoms with Gasteiger partial charge in [-0.2, -0.15) is 0 Å². The molecule has 190 valence electrons. The van der Waals surface area contributed by atoms with E-state index in [9.17, 15) is 10.3 Å². The Balaban J connectivity index is 1.25. The van der Waals surface area contributed by atoms with Crippen molar-refractivity contribution in [2.75, 3.05) is 26.7 Å². The Hall–Kier alpha value is -3.15. The number of hydrogen-bond donors (Lipinski definition) is 2. The fourth-order valence-electron chi connectivity index (χ4n) is 5.44. The van der Waals surface area contributed by atoms with E-state index in [1.165, 1.54) is 0 Å². The van der Waals surface area contributed by atoms with Crippen LogP contribution < -0.4 is 4.74 Å². The first kappa shape index (κ1) is 25.9. The lowest BCUT2D eigenvalue weighted by Gasteiger charge is -2.42. The molecule has 2 N–H and O–H groups in total. The number of unbranched alkanes of at least 4 members (excludes halogenated alkanes) is 2. The standard InChI is InChI=1S/C31H38N2O3/c1-36-29-18-16-25(17-19-29)30(32-35)15-9-4-10-22-33-23-20-28(21-24-33)31(34,26-11-5-2-6-12-26)27-13-7-3-8-14-27/h2-3,5-8,11-14,16-19,28,34-35H,4,9-10,15,20-24H2,1H3. The second-order valence-corrected chi connectivity index (χ2v) is 9.70. The average Bonchev–Trinajstić information content (AvgIpc) is 2.96. The molecule has 3 aromatic carbocycles. The minimum Gasteiger partial charge on any atom is -0.497 e. The number of piperidine rings is 1. The van der Waals surface area contributed by atoms with Gasteiger partial charge < -0.3 is 20.0 Å². The highest BCUT2D eigenvalue weighted by atomic mass is 16.5. The molecule has 1 heterocycles. The zero-order valence-electron chi connectivity index (χ0n) is 21.2. The molecule has 0 aromatic heterocycles. The molecule has 0 bridgehead atoms. The van der Waals surface area contributed by atoms with Crippen molar-refractivity contribution in [2.45, 2.75) is 44.1 Å². The fourth-order valence-corrected chi connectivity index (χ4v) is 5.44. The van der Waals surface area contributed by atoms with Crippen molar-refractivity contribution in [1.82, 2.24) is 4.90 Å². The lowest BCUT2D eigenvalue weighted by atomic mass is 9.72. The summed E-state index contributed by atoms with van der Waals surface area (Å²) in [7, 11) is 1.64. The zero-order chi connectivity index (χ0) is 25.2. The summed E-state index contributed by atoms with van der Waals surface area (Å²) in [6.07, 6.45) is 5.90. The van der Waals surface area contributed by atoms with Crippen molar-refractivity contribution >= 4 is 5.71 Å². The summed E-state index contributed by atoms with van der Waals surface area (Å²) in [5, 5.41) is 25.0. The maximum Gasteiger partial charge on any atom is 0.118 e. The third-order valence-electron chi connectivity index (χ3n) is 7.54. The molecule has 1 saturated heterocycles. The van der Waals surface area contributed by atoms with Gasteiger partial charge in [0, 0.05) is 0 Å². The largest absolute Gasteiger partial charge is 0.497 e. The summed E-state index contributed by atoms with van der Waals surface area (Å²) in [4.78, 5) is 2.53. The predicted molar refractivity (Wildman–Crippen MR) is 145 cm³/mol. The summed E-state index contributed by atoms with van der Waals surface area (Å²) in [5.41, 5.74) is 2.65. The Bertz CT molecular complexity index is 1040.